The highest BCUT2D eigenvalue weighted by atomic mass is 28.4. The summed E-state index contributed by atoms with van der Waals surface area (Å²) in [4.78, 5) is 4.43. The zero-order chi connectivity index (χ0) is 15.0. The molecule has 1 saturated carbocycles. The number of pyridine rings is 1. The fourth-order valence-corrected chi connectivity index (χ4v) is 2.79. The summed E-state index contributed by atoms with van der Waals surface area (Å²) in [7, 11) is -1.72. The van der Waals surface area contributed by atoms with Crippen LogP contribution in [0.15, 0.2) is 18.3 Å². The van der Waals surface area contributed by atoms with Gasteiger partial charge in [0, 0.05) is 6.20 Å². The Morgan fingerprint density at radius 2 is 2.00 bits per heavy atom. The molecular weight excluding hydrogens is 266 g/mol. The van der Waals surface area contributed by atoms with E-state index in [9.17, 15) is 5.11 Å². The van der Waals surface area contributed by atoms with Gasteiger partial charge in [0.05, 0.1) is 18.4 Å². The molecule has 2 rings (SSSR count). The van der Waals surface area contributed by atoms with Crippen molar-refractivity contribution in [1.82, 2.24) is 4.98 Å². The summed E-state index contributed by atoms with van der Waals surface area (Å²) in [6, 6.07) is 3.97. The topological polar surface area (TPSA) is 42.4 Å². The lowest BCUT2D eigenvalue weighted by molar-refractivity contribution is 0.153. The van der Waals surface area contributed by atoms with Gasteiger partial charge in [-0.15, -0.1) is 0 Å². The molecule has 0 spiro atoms. The monoisotopic (exact) mass is 293 g/mol. The van der Waals surface area contributed by atoms with E-state index in [0.717, 1.165) is 24.1 Å². The molecule has 0 aromatic carbocycles. The number of rotatable bonds is 5. The quantitative estimate of drug-likeness (QED) is 0.833. The van der Waals surface area contributed by atoms with E-state index in [0.29, 0.717) is 12.5 Å². The van der Waals surface area contributed by atoms with Crippen LogP contribution < -0.4 is 0 Å². The maximum absolute atomic E-state index is 10.1. The minimum absolute atomic E-state index is 0.217. The molecule has 1 aliphatic carbocycles. The smallest absolute Gasteiger partial charge is 0.192 e. The van der Waals surface area contributed by atoms with Gasteiger partial charge in [-0.2, -0.15) is 0 Å². The molecule has 20 heavy (non-hydrogen) atoms. The van der Waals surface area contributed by atoms with Crippen molar-refractivity contribution in [2.24, 2.45) is 5.92 Å². The number of hydrogen-bond donors (Lipinski definition) is 1. The molecule has 1 atom stereocenters. The highest BCUT2D eigenvalue weighted by Crippen LogP contribution is 2.40. The highest BCUT2D eigenvalue weighted by Gasteiger charge is 2.37. The second-order valence-electron chi connectivity index (χ2n) is 7.41. The Labute approximate surface area is 123 Å². The van der Waals surface area contributed by atoms with Gasteiger partial charge in [0.15, 0.2) is 8.32 Å². The predicted octanol–water partition coefficient (Wildman–Crippen LogP) is 4.05. The molecule has 0 bridgehead atoms. The number of hydrogen-bond acceptors (Lipinski definition) is 3. The molecule has 0 radical (unpaired) electrons. The molecule has 1 aromatic rings. The second-order valence-corrected chi connectivity index (χ2v) is 12.2. The van der Waals surface area contributed by atoms with Gasteiger partial charge < -0.3 is 9.53 Å². The van der Waals surface area contributed by atoms with E-state index in [-0.39, 0.29) is 11.1 Å². The molecule has 1 N–H and O–H groups in total. The summed E-state index contributed by atoms with van der Waals surface area (Å²) in [5, 5.41) is 10.3. The van der Waals surface area contributed by atoms with Crippen molar-refractivity contribution < 1.29 is 9.53 Å². The third-order valence-corrected chi connectivity index (χ3v) is 9.12. The van der Waals surface area contributed by atoms with Crippen molar-refractivity contribution in [1.29, 1.82) is 0 Å². The van der Waals surface area contributed by atoms with Gasteiger partial charge in [0.1, 0.15) is 0 Å². The first-order chi connectivity index (χ1) is 9.21. The van der Waals surface area contributed by atoms with Crippen LogP contribution in [0, 0.1) is 5.92 Å². The molecule has 0 saturated heterocycles. The zero-order valence-corrected chi connectivity index (χ0v) is 14.3. The van der Waals surface area contributed by atoms with Crippen molar-refractivity contribution in [2.75, 3.05) is 0 Å². The standard InChI is InChI=1S/C16H27NO2Si/c1-16(2,3)20(4,5)19-11-14-9-8-13(10-17-14)15(18)12-6-7-12/h8-10,12,15,18H,6-7,11H2,1-5H3. The minimum Gasteiger partial charge on any atom is -0.411 e. The molecule has 3 nitrogen and oxygen atoms in total. The molecule has 1 aliphatic rings. The number of nitrogens with zero attached hydrogens (tertiary/aromatic N) is 1. The maximum Gasteiger partial charge on any atom is 0.192 e. The molecule has 1 fully saturated rings. The molecule has 1 aromatic heterocycles. The van der Waals surface area contributed by atoms with Gasteiger partial charge in [0.25, 0.3) is 0 Å². The average molecular weight is 293 g/mol. The maximum atomic E-state index is 10.1. The lowest BCUT2D eigenvalue weighted by Crippen LogP contribution is -2.40. The van der Waals surface area contributed by atoms with Gasteiger partial charge >= 0.3 is 0 Å². The molecule has 0 amide bonds. The predicted molar refractivity (Wildman–Crippen MR) is 83.9 cm³/mol. The lowest BCUT2D eigenvalue weighted by Gasteiger charge is -2.36. The first-order valence-electron chi connectivity index (χ1n) is 7.47. The Bertz CT molecular complexity index is 447. The molecule has 0 aliphatic heterocycles. The summed E-state index contributed by atoms with van der Waals surface area (Å²) < 4.78 is 6.15. The molecule has 1 unspecified atom stereocenters. The van der Waals surface area contributed by atoms with Crippen LogP contribution in [0.5, 0.6) is 0 Å². The van der Waals surface area contributed by atoms with Gasteiger partial charge in [-0.1, -0.05) is 26.8 Å². The zero-order valence-electron chi connectivity index (χ0n) is 13.3. The molecule has 4 heteroatoms. The van der Waals surface area contributed by atoms with E-state index in [1.54, 1.807) is 6.20 Å². The Morgan fingerprint density at radius 1 is 1.35 bits per heavy atom. The van der Waals surface area contributed by atoms with Crippen LogP contribution in [-0.2, 0) is 11.0 Å². The largest absolute Gasteiger partial charge is 0.411 e. The first-order valence-corrected chi connectivity index (χ1v) is 10.4. The third kappa shape index (κ3) is 3.68. The number of aromatic nitrogens is 1. The Morgan fingerprint density at radius 3 is 2.45 bits per heavy atom. The average Bonchev–Trinajstić information content (AvgIpc) is 3.19. The fraction of sp³-hybridized carbons (Fsp3) is 0.688. The number of aliphatic hydroxyl groups excluding tert-OH is 1. The van der Waals surface area contributed by atoms with E-state index in [4.69, 9.17) is 4.43 Å². The van der Waals surface area contributed by atoms with Crippen LogP contribution in [0.1, 0.15) is 51.0 Å². The van der Waals surface area contributed by atoms with E-state index in [1.807, 2.05) is 12.1 Å². The van der Waals surface area contributed by atoms with Crippen molar-refractivity contribution in [3.05, 3.63) is 29.6 Å². The van der Waals surface area contributed by atoms with Crippen LogP contribution in [-0.4, -0.2) is 18.4 Å². The Hall–Kier alpha value is -0.713. The van der Waals surface area contributed by atoms with Crippen LogP contribution in [0.4, 0.5) is 0 Å². The molecule has 112 valence electrons. The normalized spacial score (nSPS) is 18.1. The minimum atomic E-state index is -1.72. The SMILES string of the molecule is CC(C)(C)[Si](C)(C)OCc1ccc(C(O)C2CC2)cn1. The fourth-order valence-electron chi connectivity index (χ4n) is 1.85. The summed E-state index contributed by atoms with van der Waals surface area (Å²) in [6.45, 7) is 11.8. The lowest BCUT2D eigenvalue weighted by atomic mass is 10.1. The molecular formula is C16H27NO2Si. The second kappa shape index (κ2) is 5.58. The van der Waals surface area contributed by atoms with E-state index in [2.05, 4.69) is 38.8 Å². The third-order valence-electron chi connectivity index (χ3n) is 4.64. The van der Waals surface area contributed by atoms with Crippen molar-refractivity contribution >= 4 is 8.32 Å². The van der Waals surface area contributed by atoms with Crippen LogP contribution >= 0.6 is 0 Å². The Balaban J connectivity index is 1.94. The number of aliphatic hydroxyl groups is 1. The van der Waals surface area contributed by atoms with Crippen molar-refractivity contribution in [3.63, 3.8) is 0 Å². The van der Waals surface area contributed by atoms with Crippen molar-refractivity contribution in [2.45, 2.75) is 64.5 Å². The van der Waals surface area contributed by atoms with E-state index < -0.39 is 8.32 Å². The van der Waals surface area contributed by atoms with Crippen LogP contribution in [0.2, 0.25) is 18.1 Å². The van der Waals surface area contributed by atoms with Gasteiger partial charge in [0.2, 0.25) is 0 Å². The Kier molecular flexibility index (Phi) is 4.37. The summed E-state index contributed by atoms with van der Waals surface area (Å²) >= 11 is 0. The van der Waals surface area contributed by atoms with E-state index >= 15 is 0 Å². The summed E-state index contributed by atoms with van der Waals surface area (Å²) in [5.74, 6) is 0.450. The van der Waals surface area contributed by atoms with Crippen LogP contribution in [0.3, 0.4) is 0 Å². The first kappa shape index (κ1) is 15.7. The highest BCUT2D eigenvalue weighted by molar-refractivity contribution is 6.74. The van der Waals surface area contributed by atoms with Crippen molar-refractivity contribution in [3.8, 4) is 0 Å². The van der Waals surface area contributed by atoms with Gasteiger partial charge in [-0.3, -0.25) is 4.98 Å². The summed E-state index contributed by atoms with van der Waals surface area (Å²) in [5.41, 5.74) is 1.88. The molecule has 1 heterocycles. The summed E-state index contributed by atoms with van der Waals surface area (Å²) in [6.07, 6.45) is 3.74. The van der Waals surface area contributed by atoms with Gasteiger partial charge in [-0.25, -0.2) is 0 Å². The van der Waals surface area contributed by atoms with Gasteiger partial charge in [-0.05, 0) is 48.5 Å². The van der Waals surface area contributed by atoms with Crippen LogP contribution in [0.25, 0.3) is 0 Å². The van der Waals surface area contributed by atoms with E-state index in [1.165, 1.54) is 0 Å².